The molecule has 3 rings (SSSR count). The lowest BCUT2D eigenvalue weighted by Crippen LogP contribution is -2.43. The summed E-state index contributed by atoms with van der Waals surface area (Å²) in [5, 5.41) is 0. The van der Waals surface area contributed by atoms with Gasteiger partial charge in [0.2, 0.25) is 0 Å². The smallest absolute Gasteiger partial charge is 0.123 e. The molecule has 22 heavy (non-hydrogen) atoms. The molecule has 2 aliphatic heterocycles. The number of nitrogens with zero attached hydrogens (tertiary/aromatic N) is 4. The van der Waals surface area contributed by atoms with Crippen LogP contribution in [0.2, 0.25) is 0 Å². The zero-order valence-corrected chi connectivity index (χ0v) is 14.8. The molecule has 1 unspecified atom stereocenters. The summed E-state index contributed by atoms with van der Waals surface area (Å²) in [6.07, 6.45) is 5.50. The third-order valence-corrected chi connectivity index (χ3v) is 6.11. The van der Waals surface area contributed by atoms with Crippen LogP contribution < -0.4 is 0 Å². The van der Waals surface area contributed by atoms with Crippen LogP contribution in [0, 0.1) is 19.8 Å². The van der Waals surface area contributed by atoms with Gasteiger partial charge in [-0.2, -0.15) is 0 Å². The molecule has 0 bridgehead atoms. The van der Waals surface area contributed by atoms with Crippen molar-refractivity contribution in [2.75, 3.05) is 26.2 Å². The molecular weight excluding hydrogens is 272 g/mol. The molecule has 1 aromatic rings. The van der Waals surface area contributed by atoms with E-state index in [2.05, 4.69) is 42.2 Å². The second-order valence-corrected chi connectivity index (χ2v) is 7.36. The Kier molecular flexibility index (Phi) is 4.88. The van der Waals surface area contributed by atoms with Gasteiger partial charge in [-0.3, -0.25) is 4.90 Å². The van der Waals surface area contributed by atoms with Gasteiger partial charge in [-0.05, 0) is 78.6 Å². The van der Waals surface area contributed by atoms with Crippen LogP contribution in [-0.4, -0.2) is 51.6 Å². The molecule has 3 heterocycles. The molecule has 0 saturated carbocycles. The first kappa shape index (κ1) is 16.0. The van der Waals surface area contributed by atoms with Crippen molar-refractivity contribution >= 4 is 0 Å². The van der Waals surface area contributed by atoms with Crippen LogP contribution in [0.15, 0.2) is 0 Å². The maximum Gasteiger partial charge on any atom is 0.123 e. The van der Waals surface area contributed by atoms with E-state index >= 15 is 0 Å². The molecule has 2 fully saturated rings. The van der Waals surface area contributed by atoms with E-state index in [9.17, 15) is 0 Å². The molecule has 0 aliphatic carbocycles. The van der Waals surface area contributed by atoms with Gasteiger partial charge in [-0.15, -0.1) is 0 Å². The average molecular weight is 304 g/mol. The highest BCUT2D eigenvalue weighted by molar-refractivity contribution is 5.13. The predicted octanol–water partition coefficient (Wildman–Crippen LogP) is 2.73. The number of likely N-dealkylation sites (tertiary alicyclic amines) is 2. The summed E-state index contributed by atoms with van der Waals surface area (Å²) in [4.78, 5) is 10.0. The lowest BCUT2D eigenvalue weighted by molar-refractivity contribution is 0.106. The van der Waals surface area contributed by atoms with Gasteiger partial charge in [-0.1, -0.05) is 0 Å². The monoisotopic (exact) mass is 304 g/mol. The van der Waals surface area contributed by atoms with Crippen LogP contribution in [0.25, 0.3) is 0 Å². The van der Waals surface area contributed by atoms with Gasteiger partial charge in [0.1, 0.15) is 5.82 Å². The molecule has 1 aromatic heterocycles. The topological polar surface area (TPSA) is 24.3 Å². The highest BCUT2D eigenvalue weighted by Gasteiger charge is 2.29. The van der Waals surface area contributed by atoms with Gasteiger partial charge in [0.25, 0.3) is 0 Å². The van der Waals surface area contributed by atoms with Gasteiger partial charge in [-0.25, -0.2) is 4.98 Å². The van der Waals surface area contributed by atoms with Crippen LogP contribution >= 0.6 is 0 Å². The molecule has 4 nitrogen and oxygen atoms in total. The number of aromatic nitrogens is 2. The van der Waals surface area contributed by atoms with E-state index in [1.165, 1.54) is 69.1 Å². The molecule has 0 amide bonds. The summed E-state index contributed by atoms with van der Waals surface area (Å²) in [6, 6.07) is 0.780. The highest BCUT2D eigenvalue weighted by atomic mass is 15.2. The third-order valence-electron chi connectivity index (χ3n) is 6.11. The van der Waals surface area contributed by atoms with E-state index in [0.29, 0.717) is 0 Å². The molecule has 0 aromatic carbocycles. The predicted molar refractivity (Wildman–Crippen MR) is 91.0 cm³/mol. The van der Waals surface area contributed by atoms with E-state index in [0.717, 1.165) is 18.5 Å². The van der Waals surface area contributed by atoms with Crippen molar-refractivity contribution in [1.29, 1.82) is 0 Å². The fourth-order valence-corrected chi connectivity index (χ4v) is 4.17. The first-order valence-electron chi connectivity index (χ1n) is 9.01. The van der Waals surface area contributed by atoms with Gasteiger partial charge in [0.05, 0.1) is 12.2 Å². The zero-order valence-electron chi connectivity index (χ0n) is 14.8. The Labute approximate surface area is 135 Å². The van der Waals surface area contributed by atoms with Crippen LogP contribution in [0.5, 0.6) is 0 Å². The quantitative estimate of drug-likeness (QED) is 0.855. The maximum atomic E-state index is 4.73. The van der Waals surface area contributed by atoms with Gasteiger partial charge >= 0.3 is 0 Å². The number of hydrogen-bond donors (Lipinski definition) is 0. The van der Waals surface area contributed by atoms with Crippen molar-refractivity contribution in [2.24, 2.45) is 13.0 Å². The summed E-state index contributed by atoms with van der Waals surface area (Å²) >= 11 is 0. The number of piperidine rings is 1. The molecule has 1 atom stereocenters. The normalized spacial score (nSPS) is 23.3. The first-order chi connectivity index (χ1) is 10.6. The van der Waals surface area contributed by atoms with Crippen molar-refractivity contribution in [3.05, 3.63) is 17.2 Å². The summed E-state index contributed by atoms with van der Waals surface area (Å²) in [6.45, 7) is 12.9. The lowest BCUT2D eigenvalue weighted by Gasteiger charge is -2.38. The molecule has 2 aliphatic rings. The molecule has 2 saturated heterocycles. The van der Waals surface area contributed by atoms with Gasteiger partial charge < -0.3 is 9.47 Å². The van der Waals surface area contributed by atoms with E-state index in [1.54, 1.807) is 0 Å². The fraction of sp³-hybridized carbons (Fsp3) is 0.833. The minimum atomic E-state index is 0.780. The second kappa shape index (κ2) is 6.71. The number of rotatable bonds is 4. The van der Waals surface area contributed by atoms with Crippen molar-refractivity contribution in [3.63, 3.8) is 0 Å². The van der Waals surface area contributed by atoms with E-state index in [4.69, 9.17) is 4.98 Å². The standard InChI is InChI=1S/C18H32N4/c1-14-15(2)20(4)18(19-14)13-21-11-7-17(8-12-21)16(3)22-9-5-6-10-22/h16-17H,5-13H2,1-4H3. The zero-order chi connectivity index (χ0) is 15.7. The number of imidazole rings is 1. The van der Waals surface area contributed by atoms with Crippen molar-refractivity contribution in [3.8, 4) is 0 Å². The van der Waals surface area contributed by atoms with Gasteiger partial charge in [0, 0.05) is 18.8 Å². The van der Waals surface area contributed by atoms with Crippen LogP contribution in [0.3, 0.4) is 0 Å². The van der Waals surface area contributed by atoms with Crippen LogP contribution in [0.4, 0.5) is 0 Å². The van der Waals surface area contributed by atoms with Crippen molar-refractivity contribution in [1.82, 2.24) is 19.4 Å². The SMILES string of the molecule is Cc1nc(CN2CCC(C(C)N3CCCC3)CC2)n(C)c1C. The molecule has 0 N–H and O–H groups in total. The highest BCUT2D eigenvalue weighted by Crippen LogP contribution is 2.27. The number of aryl methyl sites for hydroxylation is 1. The molecule has 4 heteroatoms. The Hall–Kier alpha value is -0.870. The average Bonchev–Trinajstić information content (AvgIpc) is 3.13. The van der Waals surface area contributed by atoms with Crippen LogP contribution in [0.1, 0.15) is 49.8 Å². The molecular formula is C18H32N4. The van der Waals surface area contributed by atoms with Crippen molar-refractivity contribution in [2.45, 2.75) is 59.0 Å². The van der Waals surface area contributed by atoms with Crippen molar-refractivity contribution < 1.29 is 0 Å². The summed E-state index contributed by atoms with van der Waals surface area (Å²) in [5.41, 5.74) is 2.47. The second-order valence-electron chi connectivity index (χ2n) is 7.36. The Bertz CT molecular complexity index is 493. The maximum absolute atomic E-state index is 4.73. The Balaban J connectivity index is 1.52. The van der Waals surface area contributed by atoms with E-state index < -0.39 is 0 Å². The lowest BCUT2D eigenvalue weighted by atomic mass is 9.89. The molecule has 124 valence electrons. The minimum Gasteiger partial charge on any atom is -0.334 e. The summed E-state index contributed by atoms with van der Waals surface area (Å²) < 4.78 is 2.26. The Morgan fingerprint density at radius 3 is 2.27 bits per heavy atom. The molecule has 0 radical (unpaired) electrons. The fourth-order valence-electron chi connectivity index (χ4n) is 4.17. The Morgan fingerprint density at radius 2 is 1.73 bits per heavy atom. The first-order valence-corrected chi connectivity index (χ1v) is 9.01. The summed E-state index contributed by atoms with van der Waals surface area (Å²) in [7, 11) is 2.15. The van der Waals surface area contributed by atoms with E-state index in [-0.39, 0.29) is 0 Å². The largest absolute Gasteiger partial charge is 0.334 e. The third kappa shape index (κ3) is 3.23. The Morgan fingerprint density at radius 1 is 1.09 bits per heavy atom. The van der Waals surface area contributed by atoms with Crippen LogP contribution in [-0.2, 0) is 13.6 Å². The van der Waals surface area contributed by atoms with E-state index in [1.807, 2.05) is 0 Å². The minimum absolute atomic E-state index is 0.780. The summed E-state index contributed by atoms with van der Waals surface area (Å²) in [5.74, 6) is 2.11. The molecule has 0 spiro atoms. The van der Waals surface area contributed by atoms with Gasteiger partial charge in [0.15, 0.2) is 0 Å². The number of hydrogen-bond acceptors (Lipinski definition) is 3.